The Labute approximate surface area is 169 Å². The van der Waals surface area contributed by atoms with Crippen molar-refractivity contribution in [2.45, 2.75) is 51.3 Å². The summed E-state index contributed by atoms with van der Waals surface area (Å²) in [5.41, 5.74) is 0.377. The number of nitrogens with zero attached hydrogens (tertiary/aromatic N) is 3. The highest BCUT2D eigenvalue weighted by Crippen LogP contribution is 2.34. The first kappa shape index (κ1) is 19.1. The van der Waals surface area contributed by atoms with Crippen molar-refractivity contribution in [3.05, 3.63) is 38.3 Å². The van der Waals surface area contributed by atoms with E-state index in [1.54, 1.807) is 18.3 Å². The van der Waals surface area contributed by atoms with Crippen LogP contribution in [-0.2, 0) is 28.9 Å². The van der Waals surface area contributed by atoms with Gasteiger partial charge in [0.2, 0.25) is 11.8 Å². The van der Waals surface area contributed by atoms with Crippen molar-refractivity contribution in [3.63, 3.8) is 0 Å². The van der Waals surface area contributed by atoms with E-state index in [0.717, 1.165) is 29.5 Å². The van der Waals surface area contributed by atoms with Crippen LogP contribution in [0.4, 0.5) is 0 Å². The van der Waals surface area contributed by atoms with Gasteiger partial charge in [0, 0.05) is 11.8 Å². The molecule has 0 fully saturated rings. The summed E-state index contributed by atoms with van der Waals surface area (Å²) in [6.07, 6.45) is 3.11. The van der Waals surface area contributed by atoms with E-state index in [0.29, 0.717) is 23.3 Å². The number of aryl methyl sites for hydroxylation is 3. The highest BCUT2D eigenvalue weighted by molar-refractivity contribution is 7.99. The summed E-state index contributed by atoms with van der Waals surface area (Å²) in [4.78, 5) is 38.5. The molecule has 0 saturated heterocycles. The second kappa shape index (κ2) is 7.32. The Morgan fingerprint density at radius 2 is 2.18 bits per heavy atom. The largest absolute Gasteiger partial charge is 0.343 e. The van der Waals surface area contributed by atoms with Gasteiger partial charge in [-0.3, -0.25) is 9.59 Å². The summed E-state index contributed by atoms with van der Waals surface area (Å²) < 4.78 is 4.98. The fourth-order valence-corrected chi connectivity index (χ4v) is 5.32. The number of hydrogen-bond acceptors (Lipinski definition) is 8. The highest BCUT2D eigenvalue weighted by atomic mass is 32.2. The SMILES string of the molecule is Cc1nc(C(C)(C)NC(=O)CSCc2nc3sc4c(c3c(=O)[nH]2)CCC4)no1. The minimum Gasteiger partial charge on any atom is -0.343 e. The Kier molecular flexibility index (Phi) is 5.00. The number of aromatic amines is 1. The maximum Gasteiger partial charge on any atom is 0.259 e. The molecule has 0 bridgehead atoms. The molecule has 3 aromatic rings. The summed E-state index contributed by atoms with van der Waals surface area (Å²) in [6.45, 7) is 5.35. The Morgan fingerprint density at radius 1 is 1.36 bits per heavy atom. The number of amides is 1. The van der Waals surface area contributed by atoms with Crippen LogP contribution in [0.25, 0.3) is 10.2 Å². The number of aromatic nitrogens is 4. The molecule has 0 spiro atoms. The van der Waals surface area contributed by atoms with Crippen LogP contribution in [0.5, 0.6) is 0 Å². The summed E-state index contributed by atoms with van der Waals surface area (Å²) in [5, 5.41) is 7.53. The zero-order chi connectivity index (χ0) is 19.9. The smallest absolute Gasteiger partial charge is 0.259 e. The third-order valence-corrected chi connectivity index (χ3v) is 6.76. The van der Waals surface area contributed by atoms with Gasteiger partial charge in [-0.1, -0.05) is 5.16 Å². The minimum absolute atomic E-state index is 0.0712. The molecule has 8 nitrogen and oxygen atoms in total. The molecule has 0 atom stereocenters. The molecule has 28 heavy (non-hydrogen) atoms. The van der Waals surface area contributed by atoms with Crippen molar-refractivity contribution >= 4 is 39.2 Å². The molecule has 1 amide bonds. The lowest BCUT2D eigenvalue weighted by molar-refractivity contribution is -0.120. The van der Waals surface area contributed by atoms with Gasteiger partial charge in [-0.2, -0.15) is 4.98 Å². The van der Waals surface area contributed by atoms with Gasteiger partial charge >= 0.3 is 0 Å². The average molecular weight is 420 g/mol. The monoisotopic (exact) mass is 419 g/mol. The van der Waals surface area contributed by atoms with E-state index in [9.17, 15) is 9.59 Å². The van der Waals surface area contributed by atoms with Crippen LogP contribution >= 0.6 is 23.1 Å². The molecule has 1 aliphatic rings. The van der Waals surface area contributed by atoms with Gasteiger partial charge < -0.3 is 14.8 Å². The second-order valence-corrected chi connectivity index (χ2v) is 9.42. The molecule has 0 unspecified atom stereocenters. The number of thiophene rings is 1. The van der Waals surface area contributed by atoms with Crippen LogP contribution in [0.15, 0.2) is 9.32 Å². The number of nitrogens with one attached hydrogen (secondary N) is 2. The lowest BCUT2D eigenvalue weighted by Crippen LogP contribution is -2.42. The van der Waals surface area contributed by atoms with Crippen molar-refractivity contribution < 1.29 is 9.32 Å². The number of H-pyrrole nitrogens is 1. The first-order chi connectivity index (χ1) is 13.3. The highest BCUT2D eigenvalue weighted by Gasteiger charge is 2.28. The summed E-state index contributed by atoms with van der Waals surface area (Å²) in [7, 11) is 0. The van der Waals surface area contributed by atoms with Gasteiger partial charge in [-0.15, -0.1) is 23.1 Å². The van der Waals surface area contributed by atoms with Crippen molar-refractivity contribution in [2.75, 3.05) is 5.75 Å². The van der Waals surface area contributed by atoms with Crippen LogP contribution in [0, 0.1) is 6.92 Å². The topological polar surface area (TPSA) is 114 Å². The molecule has 2 N–H and O–H groups in total. The zero-order valence-corrected chi connectivity index (χ0v) is 17.6. The lowest BCUT2D eigenvalue weighted by atomic mass is 10.1. The molecule has 4 rings (SSSR count). The van der Waals surface area contributed by atoms with E-state index in [1.165, 1.54) is 22.2 Å². The van der Waals surface area contributed by atoms with E-state index in [2.05, 4.69) is 25.4 Å². The number of hydrogen-bond donors (Lipinski definition) is 2. The first-order valence-electron chi connectivity index (χ1n) is 9.06. The average Bonchev–Trinajstić information content (AvgIpc) is 3.29. The van der Waals surface area contributed by atoms with E-state index < -0.39 is 5.54 Å². The van der Waals surface area contributed by atoms with Gasteiger partial charge in [-0.25, -0.2) is 4.98 Å². The van der Waals surface area contributed by atoms with Crippen molar-refractivity contribution in [1.29, 1.82) is 0 Å². The van der Waals surface area contributed by atoms with Crippen molar-refractivity contribution in [1.82, 2.24) is 25.4 Å². The standard InChI is InChI=1S/C18H21N5O3S2/c1-9-19-17(23-26-9)18(2,3)22-13(24)8-27-7-12-20-15(25)14-10-5-4-6-11(10)28-16(14)21-12/h4-8H2,1-3H3,(H,22,24)(H,20,21,25). The third-order valence-electron chi connectivity index (χ3n) is 4.63. The molecule has 148 valence electrons. The van der Waals surface area contributed by atoms with Gasteiger partial charge in [-0.05, 0) is 38.7 Å². The third kappa shape index (κ3) is 3.70. The van der Waals surface area contributed by atoms with Gasteiger partial charge in [0.15, 0.2) is 5.82 Å². The molecule has 0 saturated carbocycles. The van der Waals surface area contributed by atoms with E-state index in [4.69, 9.17) is 4.52 Å². The second-order valence-electron chi connectivity index (χ2n) is 7.35. The van der Waals surface area contributed by atoms with Gasteiger partial charge in [0.1, 0.15) is 10.7 Å². The predicted octanol–water partition coefficient (Wildman–Crippen LogP) is 2.45. The molecule has 10 heteroatoms. The van der Waals surface area contributed by atoms with Crippen molar-refractivity contribution in [3.8, 4) is 0 Å². The molecule has 0 radical (unpaired) electrons. The fourth-order valence-electron chi connectivity index (χ4n) is 3.35. The minimum atomic E-state index is -0.724. The molecule has 0 aromatic carbocycles. The number of thioether (sulfide) groups is 1. The number of rotatable bonds is 6. The molecule has 3 heterocycles. The predicted molar refractivity (Wildman–Crippen MR) is 109 cm³/mol. The van der Waals surface area contributed by atoms with Crippen LogP contribution in [0.3, 0.4) is 0 Å². The van der Waals surface area contributed by atoms with E-state index in [-0.39, 0.29) is 17.2 Å². The normalized spacial score (nSPS) is 13.8. The van der Waals surface area contributed by atoms with Crippen LogP contribution in [0.1, 0.15) is 48.2 Å². The van der Waals surface area contributed by atoms with Crippen LogP contribution in [0.2, 0.25) is 0 Å². The van der Waals surface area contributed by atoms with Crippen LogP contribution in [-0.4, -0.2) is 31.8 Å². The zero-order valence-electron chi connectivity index (χ0n) is 15.9. The fraction of sp³-hybridized carbons (Fsp3) is 0.500. The lowest BCUT2D eigenvalue weighted by Gasteiger charge is -2.22. The maximum atomic E-state index is 12.5. The summed E-state index contributed by atoms with van der Waals surface area (Å²) in [5.74, 6) is 2.05. The Morgan fingerprint density at radius 3 is 2.93 bits per heavy atom. The molecular weight excluding hydrogens is 398 g/mol. The summed E-state index contributed by atoms with van der Waals surface area (Å²) in [6, 6.07) is 0. The number of fused-ring (bicyclic) bond motifs is 3. The van der Waals surface area contributed by atoms with Crippen molar-refractivity contribution in [2.24, 2.45) is 0 Å². The molecule has 3 aromatic heterocycles. The Bertz CT molecular complexity index is 1100. The number of carbonyl (C=O) groups is 1. The Balaban J connectivity index is 1.37. The molecule has 1 aliphatic carbocycles. The van der Waals surface area contributed by atoms with Gasteiger partial charge in [0.05, 0.1) is 22.4 Å². The summed E-state index contributed by atoms with van der Waals surface area (Å²) >= 11 is 3.02. The first-order valence-corrected chi connectivity index (χ1v) is 11.0. The number of carbonyl (C=O) groups excluding carboxylic acids is 1. The maximum absolute atomic E-state index is 12.5. The van der Waals surface area contributed by atoms with E-state index in [1.807, 2.05) is 13.8 Å². The molecule has 0 aliphatic heterocycles. The van der Waals surface area contributed by atoms with E-state index >= 15 is 0 Å². The van der Waals surface area contributed by atoms with Gasteiger partial charge in [0.25, 0.3) is 5.56 Å². The van der Waals surface area contributed by atoms with Crippen LogP contribution < -0.4 is 10.9 Å². The Hall–Kier alpha value is -2.20. The molecular formula is C18H21N5O3S2. The quantitative estimate of drug-likeness (QED) is 0.631.